The third kappa shape index (κ3) is 2.77. The van der Waals surface area contributed by atoms with Crippen molar-refractivity contribution in [3.63, 3.8) is 0 Å². The van der Waals surface area contributed by atoms with E-state index in [9.17, 15) is 4.79 Å². The zero-order valence-electron chi connectivity index (χ0n) is 9.92. The number of amides is 1. The summed E-state index contributed by atoms with van der Waals surface area (Å²) in [6, 6.07) is 7.61. The van der Waals surface area contributed by atoms with E-state index in [2.05, 4.69) is 0 Å². The summed E-state index contributed by atoms with van der Waals surface area (Å²) in [6.45, 7) is 4.65. The van der Waals surface area contributed by atoms with Crippen LogP contribution in [0.5, 0.6) is 0 Å². The molecule has 90 valence electrons. The molecule has 0 fully saturated rings. The fourth-order valence-corrected chi connectivity index (χ4v) is 2.30. The summed E-state index contributed by atoms with van der Waals surface area (Å²) in [6.07, 6.45) is 1.52. The summed E-state index contributed by atoms with van der Waals surface area (Å²) < 4.78 is 5.16. The molecule has 2 rings (SSSR count). The second-order valence-electron chi connectivity index (χ2n) is 4.08. The van der Waals surface area contributed by atoms with Crippen LogP contribution in [-0.2, 0) is 6.54 Å². The van der Waals surface area contributed by atoms with Gasteiger partial charge in [0, 0.05) is 10.9 Å². The van der Waals surface area contributed by atoms with Crippen molar-refractivity contribution in [2.24, 2.45) is 0 Å². The zero-order valence-corrected chi connectivity index (χ0v) is 10.7. The number of carbonyl (C=O) groups excluding carboxylic acids is 1. The van der Waals surface area contributed by atoms with Gasteiger partial charge in [0.25, 0.3) is 5.91 Å². The molecule has 0 radical (unpaired) electrons. The molecule has 0 atom stereocenters. The molecule has 1 amide bonds. The lowest BCUT2D eigenvalue weighted by molar-refractivity contribution is 0.0659. The van der Waals surface area contributed by atoms with Crippen molar-refractivity contribution in [2.75, 3.05) is 0 Å². The number of furan rings is 1. The Morgan fingerprint density at radius 2 is 2.24 bits per heavy atom. The fourth-order valence-electron chi connectivity index (χ4n) is 1.60. The SMILES string of the molecule is CC(C)N(Cc1cccs1)C(=O)c1ccco1. The zero-order chi connectivity index (χ0) is 12.3. The van der Waals surface area contributed by atoms with Gasteiger partial charge in [-0.2, -0.15) is 0 Å². The monoisotopic (exact) mass is 249 g/mol. The van der Waals surface area contributed by atoms with Crippen LogP contribution < -0.4 is 0 Å². The lowest BCUT2D eigenvalue weighted by Crippen LogP contribution is -2.35. The molecule has 0 spiro atoms. The summed E-state index contributed by atoms with van der Waals surface area (Å²) in [5, 5.41) is 2.02. The van der Waals surface area contributed by atoms with Crippen LogP contribution in [-0.4, -0.2) is 16.8 Å². The molecule has 2 aromatic heterocycles. The maximum Gasteiger partial charge on any atom is 0.290 e. The van der Waals surface area contributed by atoms with Crippen molar-refractivity contribution in [1.82, 2.24) is 4.90 Å². The number of hydrogen-bond acceptors (Lipinski definition) is 3. The molecule has 0 saturated carbocycles. The summed E-state index contributed by atoms with van der Waals surface area (Å²) in [5.41, 5.74) is 0. The normalized spacial score (nSPS) is 10.8. The number of rotatable bonds is 4. The molecule has 17 heavy (non-hydrogen) atoms. The third-order valence-electron chi connectivity index (χ3n) is 2.52. The van der Waals surface area contributed by atoms with Crippen LogP contribution in [0.15, 0.2) is 40.3 Å². The first-order valence-electron chi connectivity index (χ1n) is 5.55. The van der Waals surface area contributed by atoms with Crippen LogP contribution in [0, 0.1) is 0 Å². The van der Waals surface area contributed by atoms with Crippen molar-refractivity contribution in [3.05, 3.63) is 46.5 Å². The average molecular weight is 249 g/mol. The van der Waals surface area contributed by atoms with Gasteiger partial charge < -0.3 is 9.32 Å². The highest BCUT2D eigenvalue weighted by Crippen LogP contribution is 2.16. The van der Waals surface area contributed by atoms with Gasteiger partial charge in [-0.05, 0) is 37.4 Å². The third-order valence-corrected chi connectivity index (χ3v) is 3.38. The van der Waals surface area contributed by atoms with E-state index >= 15 is 0 Å². The molecule has 0 bridgehead atoms. The molecule has 0 aromatic carbocycles. The maximum absolute atomic E-state index is 12.2. The molecule has 0 saturated heterocycles. The highest BCUT2D eigenvalue weighted by molar-refractivity contribution is 7.09. The van der Waals surface area contributed by atoms with Gasteiger partial charge in [0.05, 0.1) is 12.8 Å². The molecule has 2 heterocycles. The number of hydrogen-bond donors (Lipinski definition) is 0. The Bertz CT molecular complexity index is 460. The largest absolute Gasteiger partial charge is 0.459 e. The molecule has 0 aliphatic heterocycles. The predicted octanol–water partition coefficient (Wildman–Crippen LogP) is 3.39. The highest BCUT2D eigenvalue weighted by atomic mass is 32.1. The van der Waals surface area contributed by atoms with E-state index in [4.69, 9.17) is 4.42 Å². The minimum Gasteiger partial charge on any atom is -0.459 e. The first-order valence-corrected chi connectivity index (χ1v) is 6.43. The van der Waals surface area contributed by atoms with Crippen LogP contribution >= 0.6 is 11.3 Å². The number of carbonyl (C=O) groups is 1. The van der Waals surface area contributed by atoms with E-state index in [-0.39, 0.29) is 11.9 Å². The summed E-state index contributed by atoms with van der Waals surface area (Å²) >= 11 is 1.66. The first-order chi connectivity index (χ1) is 8.18. The molecule has 0 aliphatic carbocycles. The van der Waals surface area contributed by atoms with Crippen LogP contribution in [0.1, 0.15) is 29.3 Å². The van der Waals surface area contributed by atoms with Gasteiger partial charge in [-0.3, -0.25) is 4.79 Å². The molecular formula is C13H15NO2S. The Morgan fingerprint density at radius 3 is 2.76 bits per heavy atom. The summed E-state index contributed by atoms with van der Waals surface area (Å²) in [7, 11) is 0. The van der Waals surface area contributed by atoms with Crippen LogP contribution in [0.4, 0.5) is 0 Å². The molecule has 0 aliphatic rings. The number of nitrogens with zero attached hydrogens (tertiary/aromatic N) is 1. The van der Waals surface area contributed by atoms with E-state index in [1.807, 2.05) is 36.3 Å². The van der Waals surface area contributed by atoms with Crippen molar-refractivity contribution >= 4 is 17.2 Å². The molecule has 0 unspecified atom stereocenters. The number of thiophene rings is 1. The van der Waals surface area contributed by atoms with Crippen LogP contribution in [0.25, 0.3) is 0 Å². The molecule has 4 heteroatoms. The van der Waals surface area contributed by atoms with Gasteiger partial charge in [-0.25, -0.2) is 0 Å². The molecular weight excluding hydrogens is 234 g/mol. The Morgan fingerprint density at radius 1 is 1.41 bits per heavy atom. The second kappa shape index (κ2) is 5.19. The average Bonchev–Trinajstić information content (AvgIpc) is 2.97. The van der Waals surface area contributed by atoms with E-state index < -0.39 is 0 Å². The highest BCUT2D eigenvalue weighted by Gasteiger charge is 2.21. The van der Waals surface area contributed by atoms with Gasteiger partial charge in [0.15, 0.2) is 5.76 Å². The summed E-state index contributed by atoms with van der Waals surface area (Å²) in [4.78, 5) is 15.2. The van der Waals surface area contributed by atoms with Crippen LogP contribution in [0.3, 0.4) is 0 Å². The van der Waals surface area contributed by atoms with Gasteiger partial charge in [-0.1, -0.05) is 6.07 Å². The van der Waals surface area contributed by atoms with E-state index in [0.29, 0.717) is 12.3 Å². The fraction of sp³-hybridized carbons (Fsp3) is 0.308. The Hall–Kier alpha value is -1.55. The second-order valence-corrected chi connectivity index (χ2v) is 5.12. The standard InChI is InChI=1S/C13H15NO2S/c1-10(2)14(9-11-5-4-8-17-11)13(15)12-6-3-7-16-12/h3-8,10H,9H2,1-2H3. The van der Waals surface area contributed by atoms with E-state index in [1.54, 1.807) is 23.5 Å². The van der Waals surface area contributed by atoms with Crippen LogP contribution in [0.2, 0.25) is 0 Å². The van der Waals surface area contributed by atoms with Crippen molar-refractivity contribution in [3.8, 4) is 0 Å². The quantitative estimate of drug-likeness (QED) is 0.832. The lowest BCUT2D eigenvalue weighted by Gasteiger charge is -2.25. The molecule has 0 N–H and O–H groups in total. The van der Waals surface area contributed by atoms with Gasteiger partial charge >= 0.3 is 0 Å². The minimum atomic E-state index is -0.0570. The Labute approximate surface area is 105 Å². The molecule has 2 aromatic rings. The maximum atomic E-state index is 12.2. The van der Waals surface area contributed by atoms with Gasteiger partial charge in [0.2, 0.25) is 0 Å². The van der Waals surface area contributed by atoms with E-state index in [0.717, 1.165) is 0 Å². The van der Waals surface area contributed by atoms with Gasteiger partial charge in [0.1, 0.15) is 0 Å². The summed E-state index contributed by atoms with van der Waals surface area (Å²) in [5.74, 6) is 0.341. The van der Waals surface area contributed by atoms with Crippen molar-refractivity contribution in [1.29, 1.82) is 0 Å². The Kier molecular flexibility index (Phi) is 3.64. The lowest BCUT2D eigenvalue weighted by atomic mass is 10.2. The van der Waals surface area contributed by atoms with Crippen molar-refractivity contribution in [2.45, 2.75) is 26.4 Å². The van der Waals surface area contributed by atoms with Gasteiger partial charge in [-0.15, -0.1) is 11.3 Å². The topological polar surface area (TPSA) is 33.5 Å². The van der Waals surface area contributed by atoms with Crippen molar-refractivity contribution < 1.29 is 9.21 Å². The minimum absolute atomic E-state index is 0.0570. The van der Waals surface area contributed by atoms with E-state index in [1.165, 1.54) is 11.1 Å². The smallest absolute Gasteiger partial charge is 0.290 e. The Balaban J connectivity index is 2.15. The predicted molar refractivity (Wildman–Crippen MR) is 68.0 cm³/mol. The first kappa shape index (κ1) is 11.9. The molecule has 3 nitrogen and oxygen atoms in total.